The fourth-order valence-electron chi connectivity index (χ4n) is 4.21. The van der Waals surface area contributed by atoms with Crippen LogP contribution in [-0.4, -0.2) is 48.0 Å². The number of halogens is 2. The van der Waals surface area contributed by atoms with E-state index in [4.69, 9.17) is 35.4 Å². The van der Waals surface area contributed by atoms with Crippen molar-refractivity contribution >= 4 is 63.7 Å². The minimum Gasteiger partial charge on any atom is -0.367 e. The van der Waals surface area contributed by atoms with E-state index in [0.717, 1.165) is 16.8 Å². The van der Waals surface area contributed by atoms with Crippen molar-refractivity contribution in [1.29, 1.82) is 0 Å². The lowest BCUT2D eigenvalue weighted by molar-refractivity contribution is 0.0746. The Bertz CT molecular complexity index is 1290. The van der Waals surface area contributed by atoms with E-state index in [2.05, 4.69) is 15.5 Å². The van der Waals surface area contributed by atoms with Crippen molar-refractivity contribution in [3.05, 3.63) is 93.0 Å². The number of benzene rings is 3. The van der Waals surface area contributed by atoms with Gasteiger partial charge in [-0.1, -0.05) is 40.4 Å². The maximum atomic E-state index is 12.8. The molecule has 9 heteroatoms. The number of thiocarbonyl (C=S) groups is 1. The topological polar surface area (TPSA) is 64.7 Å². The highest BCUT2D eigenvalue weighted by molar-refractivity contribution is 7.80. The molecule has 0 aromatic heterocycles. The molecule has 0 aliphatic carbocycles. The summed E-state index contributed by atoms with van der Waals surface area (Å²) < 4.78 is 0. The lowest BCUT2D eigenvalue weighted by Gasteiger charge is -2.36. The molecule has 1 saturated heterocycles. The van der Waals surface area contributed by atoms with Crippen molar-refractivity contribution in [3.63, 3.8) is 0 Å². The van der Waals surface area contributed by atoms with E-state index >= 15 is 0 Å². The standard InChI is InChI=1S/C27H26Cl2N4O2S/c1-17-13-18(2)15-20(14-17)25(34)31-27(36)30-22-7-8-24(23(29)16-22)32-9-11-33(12-10-32)26(35)19-3-5-21(28)6-4-19/h3-8,13-16H,9-12H2,1-2H3,(H2,30,31,34,36). The fourth-order valence-corrected chi connectivity index (χ4v) is 4.85. The summed E-state index contributed by atoms with van der Waals surface area (Å²) in [5.74, 6) is -0.276. The number of hydrogen-bond acceptors (Lipinski definition) is 4. The first-order chi connectivity index (χ1) is 17.2. The molecule has 2 amide bonds. The SMILES string of the molecule is Cc1cc(C)cc(C(=O)NC(=S)Nc2ccc(N3CCN(C(=O)c4ccc(Cl)cc4)CC3)c(Cl)c2)c1. The van der Waals surface area contributed by atoms with Gasteiger partial charge in [0.05, 0.1) is 10.7 Å². The van der Waals surface area contributed by atoms with Gasteiger partial charge in [-0.25, -0.2) is 0 Å². The molecule has 1 heterocycles. The molecule has 0 bridgehead atoms. The van der Waals surface area contributed by atoms with Crippen LogP contribution < -0.4 is 15.5 Å². The maximum absolute atomic E-state index is 12.8. The lowest BCUT2D eigenvalue weighted by atomic mass is 10.1. The first-order valence-electron chi connectivity index (χ1n) is 11.5. The first-order valence-corrected chi connectivity index (χ1v) is 12.7. The van der Waals surface area contributed by atoms with E-state index in [1.807, 2.05) is 49.1 Å². The van der Waals surface area contributed by atoms with Gasteiger partial charge < -0.3 is 15.1 Å². The number of nitrogens with zero attached hydrogens (tertiary/aromatic N) is 2. The largest absolute Gasteiger partial charge is 0.367 e. The van der Waals surface area contributed by atoms with Crippen LogP contribution in [0, 0.1) is 13.8 Å². The van der Waals surface area contributed by atoms with Gasteiger partial charge in [-0.15, -0.1) is 0 Å². The number of carbonyl (C=O) groups excluding carboxylic acids is 2. The Morgan fingerprint density at radius 1 is 0.833 bits per heavy atom. The zero-order valence-electron chi connectivity index (χ0n) is 20.0. The Labute approximate surface area is 226 Å². The Kier molecular flexibility index (Phi) is 8.14. The number of aryl methyl sites for hydroxylation is 2. The summed E-state index contributed by atoms with van der Waals surface area (Å²) in [6.45, 7) is 6.40. The average molecular weight is 542 g/mol. The molecule has 2 N–H and O–H groups in total. The molecule has 1 aliphatic rings. The number of piperazine rings is 1. The summed E-state index contributed by atoms with van der Waals surface area (Å²) in [5.41, 5.74) is 4.76. The Hall–Kier alpha value is -3.13. The fraction of sp³-hybridized carbons (Fsp3) is 0.222. The molecule has 186 valence electrons. The number of rotatable bonds is 4. The monoisotopic (exact) mass is 540 g/mol. The minimum absolute atomic E-state index is 0.00616. The third-order valence-electron chi connectivity index (χ3n) is 5.92. The molecule has 0 spiro atoms. The molecule has 0 atom stereocenters. The zero-order chi connectivity index (χ0) is 25.8. The second-order valence-electron chi connectivity index (χ2n) is 8.74. The van der Waals surface area contributed by atoms with E-state index in [-0.39, 0.29) is 16.9 Å². The van der Waals surface area contributed by atoms with Crippen molar-refractivity contribution in [2.45, 2.75) is 13.8 Å². The van der Waals surface area contributed by atoms with Crippen molar-refractivity contribution in [2.75, 3.05) is 36.4 Å². The number of hydrogen-bond donors (Lipinski definition) is 2. The highest BCUT2D eigenvalue weighted by Gasteiger charge is 2.23. The molecule has 3 aromatic carbocycles. The first kappa shape index (κ1) is 25.9. The van der Waals surface area contributed by atoms with Crippen molar-refractivity contribution in [1.82, 2.24) is 10.2 Å². The quantitative estimate of drug-likeness (QED) is 0.415. The van der Waals surface area contributed by atoms with Crippen LogP contribution in [-0.2, 0) is 0 Å². The number of nitrogens with one attached hydrogen (secondary N) is 2. The molecule has 6 nitrogen and oxygen atoms in total. The van der Waals surface area contributed by atoms with Crippen LogP contribution in [0.1, 0.15) is 31.8 Å². The molecule has 3 aromatic rings. The predicted molar refractivity (Wildman–Crippen MR) is 151 cm³/mol. The molecule has 0 unspecified atom stereocenters. The molecule has 0 radical (unpaired) electrons. The summed E-state index contributed by atoms with van der Waals surface area (Å²) in [5, 5.41) is 7.09. The summed E-state index contributed by atoms with van der Waals surface area (Å²) in [7, 11) is 0. The minimum atomic E-state index is -0.270. The predicted octanol–water partition coefficient (Wildman–Crippen LogP) is 5.70. The molecule has 1 aliphatic heterocycles. The molecular formula is C27H26Cl2N4O2S. The van der Waals surface area contributed by atoms with Crippen LogP contribution in [0.15, 0.2) is 60.7 Å². The number of amides is 2. The van der Waals surface area contributed by atoms with Gasteiger partial charge in [-0.2, -0.15) is 0 Å². The Morgan fingerprint density at radius 2 is 1.47 bits per heavy atom. The Balaban J connectivity index is 1.33. The van der Waals surface area contributed by atoms with Gasteiger partial charge in [0.2, 0.25) is 0 Å². The summed E-state index contributed by atoms with van der Waals surface area (Å²) in [6.07, 6.45) is 0. The third-order valence-corrected chi connectivity index (χ3v) is 6.67. The molecular weight excluding hydrogens is 515 g/mol. The maximum Gasteiger partial charge on any atom is 0.257 e. The average Bonchev–Trinajstić information content (AvgIpc) is 2.83. The van der Waals surface area contributed by atoms with Crippen molar-refractivity contribution in [3.8, 4) is 0 Å². The summed E-state index contributed by atoms with van der Waals surface area (Å²) in [6, 6.07) is 18.1. The van der Waals surface area contributed by atoms with Crippen LogP contribution in [0.4, 0.5) is 11.4 Å². The van der Waals surface area contributed by atoms with E-state index in [1.165, 1.54) is 0 Å². The smallest absolute Gasteiger partial charge is 0.257 e. The van der Waals surface area contributed by atoms with Gasteiger partial charge in [0.15, 0.2) is 5.11 Å². The third kappa shape index (κ3) is 6.35. The van der Waals surface area contributed by atoms with Gasteiger partial charge in [-0.05, 0) is 80.7 Å². The highest BCUT2D eigenvalue weighted by Crippen LogP contribution is 2.30. The van der Waals surface area contributed by atoms with Gasteiger partial charge in [-0.3, -0.25) is 14.9 Å². The van der Waals surface area contributed by atoms with Crippen LogP contribution in [0.3, 0.4) is 0 Å². The second-order valence-corrected chi connectivity index (χ2v) is 9.99. The molecule has 36 heavy (non-hydrogen) atoms. The zero-order valence-corrected chi connectivity index (χ0v) is 22.3. The second kappa shape index (κ2) is 11.3. The van der Waals surface area contributed by atoms with Gasteiger partial charge in [0, 0.05) is 48.0 Å². The lowest BCUT2D eigenvalue weighted by Crippen LogP contribution is -2.48. The Morgan fingerprint density at radius 3 is 2.08 bits per heavy atom. The van der Waals surface area contributed by atoms with Gasteiger partial charge in [0.1, 0.15) is 0 Å². The summed E-state index contributed by atoms with van der Waals surface area (Å²) >= 11 is 17.8. The molecule has 4 rings (SSSR count). The van der Waals surface area contributed by atoms with Crippen molar-refractivity contribution in [2.24, 2.45) is 0 Å². The molecule has 1 fully saturated rings. The van der Waals surface area contributed by atoms with E-state index < -0.39 is 0 Å². The van der Waals surface area contributed by atoms with Crippen LogP contribution in [0.25, 0.3) is 0 Å². The van der Waals surface area contributed by atoms with E-state index in [9.17, 15) is 9.59 Å². The van der Waals surface area contributed by atoms with Crippen LogP contribution >= 0.6 is 35.4 Å². The van der Waals surface area contributed by atoms with E-state index in [1.54, 1.807) is 30.3 Å². The molecule has 0 saturated carbocycles. The van der Waals surface area contributed by atoms with Crippen molar-refractivity contribution < 1.29 is 9.59 Å². The van der Waals surface area contributed by atoms with Crippen LogP contribution in [0.5, 0.6) is 0 Å². The van der Waals surface area contributed by atoms with Gasteiger partial charge >= 0.3 is 0 Å². The number of carbonyl (C=O) groups is 2. The van der Waals surface area contributed by atoms with Gasteiger partial charge in [0.25, 0.3) is 11.8 Å². The highest BCUT2D eigenvalue weighted by atomic mass is 35.5. The normalized spacial score (nSPS) is 13.3. The van der Waals surface area contributed by atoms with E-state index in [0.29, 0.717) is 53.0 Å². The number of anilines is 2. The summed E-state index contributed by atoms with van der Waals surface area (Å²) in [4.78, 5) is 29.3. The van der Waals surface area contributed by atoms with Crippen LogP contribution in [0.2, 0.25) is 10.0 Å².